The lowest BCUT2D eigenvalue weighted by atomic mass is 10.6. The van der Waals surface area contributed by atoms with Gasteiger partial charge >= 0.3 is 0 Å². The van der Waals surface area contributed by atoms with Crippen LogP contribution < -0.4 is 11.1 Å². The lowest BCUT2D eigenvalue weighted by Gasteiger charge is -1.97. The van der Waals surface area contributed by atoms with Gasteiger partial charge in [0.1, 0.15) is 0 Å². The zero-order valence-corrected chi connectivity index (χ0v) is 8.48. The first-order chi connectivity index (χ1) is 6.16. The number of aromatic amines is 1. The van der Waals surface area contributed by atoms with Crippen molar-refractivity contribution in [2.75, 3.05) is 0 Å². The fourth-order valence-corrected chi connectivity index (χ4v) is 1.37. The molecule has 2 rings (SSSR count). The minimum atomic E-state index is -0.331. The Hall–Kier alpha value is -1.18. The van der Waals surface area contributed by atoms with Gasteiger partial charge in [-0.15, -0.1) is 0 Å². The van der Waals surface area contributed by atoms with Crippen molar-refractivity contribution in [2.24, 2.45) is 0 Å². The third-order valence-corrected chi connectivity index (χ3v) is 2.27. The molecule has 2 aromatic rings. The summed E-state index contributed by atoms with van der Waals surface area (Å²) in [6.07, 6.45) is 3.17. The predicted octanol–water partition coefficient (Wildman–Crippen LogP) is -0.0126. The van der Waals surface area contributed by atoms with Crippen molar-refractivity contribution in [3.63, 3.8) is 0 Å². The first kappa shape index (κ1) is 8.42. The largest absolute Gasteiger partial charge is 0.293 e. The molecule has 0 bridgehead atoms. The summed E-state index contributed by atoms with van der Waals surface area (Å²) in [5.74, 6) is 0.262. The molecule has 2 aromatic heterocycles. The molecule has 0 unspecified atom stereocenters. The zero-order chi connectivity index (χ0) is 9.42. The highest BCUT2D eigenvalue weighted by Crippen LogP contribution is 1.96. The van der Waals surface area contributed by atoms with Crippen LogP contribution in [-0.2, 0) is 0 Å². The van der Waals surface area contributed by atoms with Gasteiger partial charge in [0.25, 0.3) is 11.1 Å². The molecule has 0 radical (unpaired) electrons. The van der Waals surface area contributed by atoms with E-state index < -0.39 is 0 Å². The molecule has 66 valence electrons. The standard InChI is InChI=1S/C7H4IN3O2/c8-4-3-11-2-1-5(12)9-7(11)10-6(4)13/h1-3H,(H,9,10,12,13). The van der Waals surface area contributed by atoms with E-state index in [1.165, 1.54) is 6.07 Å². The number of nitrogens with zero attached hydrogens (tertiary/aromatic N) is 2. The summed E-state index contributed by atoms with van der Waals surface area (Å²) in [5, 5.41) is 0. The Bertz CT molecular complexity index is 572. The van der Waals surface area contributed by atoms with Crippen LogP contribution in [-0.4, -0.2) is 14.4 Å². The Labute approximate surface area is 85.6 Å². The smallest absolute Gasteiger partial charge is 0.287 e. The molecule has 0 aliphatic rings. The van der Waals surface area contributed by atoms with E-state index in [2.05, 4.69) is 9.97 Å². The monoisotopic (exact) mass is 289 g/mol. The van der Waals surface area contributed by atoms with Crippen molar-refractivity contribution >= 4 is 28.4 Å². The summed E-state index contributed by atoms with van der Waals surface area (Å²) in [5.41, 5.74) is -0.601. The highest BCUT2D eigenvalue weighted by Gasteiger charge is 1.99. The molecule has 0 fully saturated rings. The lowest BCUT2D eigenvalue weighted by molar-refractivity contribution is 0.989. The summed E-state index contributed by atoms with van der Waals surface area (Å²) in [7, 11) is 0. The van der Waals surface area contributed by atoms with E-state index in [1.54, 1.807) is 16.8 Å². The van der Waals surface area contributed by atoms with Crippen molar-refractivity contribution in [1.29, 1.82) is 0 Å². The van der Waals surface area contributed by atoms with Crippen molar-refractivity contribution in [1.82, 2.24) is 14.4 Å². The average Bonchev–Trinajstić information content (AvgIpc) is 2.08. The Morgan fingerprint density at radius 2 is 2.23 bits per heavy atom. The Balaban J connectivity index is 2.97. The van der Waals surface area contributed by atoms with Gasteiger partial charge in [0.05, 0.1) is 3.57 Å². The van der Waals surface area contributed by atoms with Crippen LogP contribution >= 0.6 is 22.6 Å². The summed E-state index contributed by atoms with van der Waals surface area (Å²) < 4.78 is 2.10. The first-order valence-corrected chi connectivity index (χ1v) is 4.52. The van der Waals surface area contributed by atoms with Gasteiger partial charge in [0.2, 0.25) is 5.78 Å². The molecule has 13 heavy (non-hydrogen) atoms. The van der Waals surface area contributed by atoms with Crippen molar-refractivity contribution in [2.45, 2.75) is 0 Å². The normalized spacial score (nSPS) is 10.5. The number of rotatable bonds is 0. The van der Waals surface area contributed by atoms with Crippen molar-refractivity contribution in [3.8, 4) is 0 Å². The zero-order valence-electron chi connectivity index (χ0n) is 6.32. The SMILES string of the molecule is O=c1ccn2cc(I)c(=O)nc2[nH]1. The molecule has 0 atom stereocenters. The summed E-state index contributed by atoms with van der Waals surface area (Å²) in [6, 6.07) is 1.37. The summed E-state index contributed by atoms with van der Waals surface area (Å²) in [6.45, 7) is 0. The minimum absolute atomic E-state index is 0.262. The Kier molecular flexibility index (Phi) is 1.91. The van der Waals surface area contributed by atoms with Crippen LogP contribution in [0, 0.1) is 3.57 Å². The van der Waals surface area contributed by atoms with Crippen LogP contribution in [0.5, 0.6) is 0 Å². The maximum absolute atomic E-state index is 11.1. The second kappa shape index (κ2) is 2.95. The van der Waals surface area contributed by atoms with Gasteiger partial charge in [-0.3, -0.25) is 19.0 Å². The summed E-state index contributed by atoms with van der Waals surface area (Å²) >= 11 is 1.89. The molecule has 0 spiro atoms. The fraction of sp³-hybridized carbons (Fsp3) is 0. The second-order valence-corrected chi connectivity index (χ2v) is 3.59. The molecule has 0 saturated heterocycles. The van der Waals surface area contributed by atoms with Crippen LogP contribution in [0.1, 0.15) is 0 Å². The highest BCUT2D eigenvalue weighted by molar-refractivity contribution is 14.1. The minimum Gasteiger partial charge on any atom is -0.293 e. The molecule has 0 amide bonds. The van der Waals surface area contributed by atoms with E-state index in [1.807, 2.05) is 22.6 Å². The number of hydrogen-bond donors (Lipinski definition) is 1. The van der Waals surface area contributed by atoms with Crippen LogP contribution in [0.3, 0.4) is 0 Å². The molecule has 1 N–H and O–H groups in total. The Morgan fingerprint density at radius 1 is 1.46 bits per heavy atom. The van der Waals surface area contributed by atoms with E-state index in [4.69, 9.17) is 0 Å². The number of nitrogens with one attached hydrogen (secondary N) is 1. The number of fused-ring (bicyclic) bond motifs is 1. The van der Waals surface area contributed by atoms with Crippen molar-refractivity contribution < 1.29 is 0 Å². The second-order valence-electron chi connectivity index (χ2n) is 2.43. The van der Waals surface area contributed by atoms with Gasteiger partial charge in [0.15, 0.2) is 0 Å². The highest BCUT2D eigenvalue weighted by atomic mass is 127. The first-order valence-electron chi connectivity index (χ1n) is 3.45. The molecular formula is C7H4IN3O2. The van der Waals surface area contributed by atoms with Crippen LogP contribution in [0.2, 0.25) is 0 Å². The molecule has 6 heteroatoms. The topological polar surface area (TPSA) is 67.2 Å². The average molecular weight is 289 g/mol. The van der Waals surface area contributed by atoms with E-state index in [-0.39, 0.29) is 16.9 Å². The maximum atomic E-state index is 11.1. The van der Waals surface area contributed by atoms with E-state index >= 15 is 0 Å². The van der Waals surface area contributed by atoms with Gasteiger partial charge in [-0.25, -0.2) is 0 Å². The van der Waals surface area contributed by atoms with E-state index in [0.717, 1.165) is 0 Å². The number of H-pyrrole nitrogens is 1. The number of hydrogen-bond acceptors (Lipinski definition) is 3. The van der Waals surface area contributed by atoms with Crippen LogP contribution in [0.4, 0.5) is 0 Å². The van der Waals surface area contributed by atoms with Gasteiger partial charge in [-0.2, -0.15) is 4.98 Å². The molecule has 0 aliphatic heterocycles. The van der Waals surface area contributed by atoms with Gasteiger partial charge in [0, 0.05) is 18.5 Å². The predicted molar refractivity (Wildman–Crippen MR) is 54.8 cm³/mol. The van der Waals surface area contributed by atoms with Gasteiger partial charge < -0.3 is 0 Å². The van der Waals surface area contributed by atoms with Gasteiger partial charge in [-0.1, -0.05) is 0 Å². The lowest BCUT2D eigenvalue weighted by Crippen LogP contribution is -2.16. The molecule has 0 aliphatic carbocycles. The molecule has 0 aromatic carbocycles. The number of aromatic nitrogens is 3. The van der Waals surface area contributed by atoms with E-state index in [0.29, 0.717) is 3.57 Å². The summed E-state index contributed by atoms with van der Waals surface area (Å²) in [4.78, 5) is 28.1. The molecule has 2 heterocycles. The molecule has 5 nitrogen and oxygen atoms in total. The third kappa shape index (κ3) is 1.48. The fourth-order valence-electron chi connectivity index (χ4n) is 0.952. The molecular weight excluding hydrogens is 285 g/mol. The van der Waals surface area contributed by atoms with E-state index in [9.17, 15) is 9.59 Å². The van der Waals surface area contributed by atoms with Crippen LogP contribution in [0.15, 0.2) is 28.0 Å². The van der Waals surface area contributed by atoms with Crippen LogP contribution in [0.25, 0.3) is 5.78 Å². The Morgan fingerprint density at radius 3 is 3.00 bits per heavy atom. The third-order valence-electron chi connectivity index (χ3n) is 1.53. The van der Waals surface area contributed by atoms with Crippen molar-refractivity contribution in [3.05, 3.63) is 42.7 Å². The number of halogens is 1. The maximum Gasteiger partial charge on any atom is 0.287 e. The quantitative estimate of drug-likeness (QED) is 0.693. The molecule has 0 saturated carbocycles. The van der Waals surface area contributed by atoms with Gasteiger partial charge in [-0.05, 0) is 22.6 Å².